The van der Waals surface area contributed by atoms with Gasteiger partial charge in [0.2, 0.25) is 0 Å². The summed E-state index contributed by atoms with van der Waals surface area (Å²) < 4.78 is 0.241. The second-order valence-electron chi connectivity index (χ2n) is 6.03. The van der Waals surface area contributed by atoms with Gasteiger partial charge >= 0.3 is 0 Å². The Morgan fingerprint density at radius 3 is 1.80 bits per heavy atom. The molecule has 0 radical (unpaired) electrons. The molecule has 2 aromatic rings. The quantitative estimate of drug-likeness (QED) is 0.183. The first kappa shape index (κ1) is 20.0. The molecular formula is C23H28S2. The third-order valence-electron chi connectivity index (χ3n) is 3.85. The second kappa shape index (κ2) is 13.0. The molecule has 0 bridgehead atoms. The smallest absolute Gasteiger partial charge is 0.101 e. The zero-order valence-corrected chi connectivity index (χ0v) is 16.8. The summed E-state index contributed by atoms with van der Waals surface area (Å²) in [6.07, 6.45) is 8.99. The van der Waals surface area contributed by atoms with E-state index in [-0.39, 0.29) is 4.58 Å². The normalized spacial score (nSPS) is 10.5. The molecule has 0 N–H and O–H groups in total. The highest BCUT2D eigenvalue weighted by atomic mass is 32.2. The standard InChI is InChI=1S/C23H28S2/c1-2-3-4-5-6-7-8-15-20-23(24-21-16-11-9-12-17-21)25-22-18-13-10-14-19-22/h9-14,16-19,23H,2-8H2,1H3. The van der Waals surface area contributed by atoms with Gasteiger partial charge in [0.25, 0.3) is 0 Å². The Balaban J connectivity index is 1.85. The molecule has 132 valence electrons. The van der Waals surface area contributed by atoms with Gasteiger partial charge in [0, 0.05) is 16.2 Å². The monoisotopic (exact) mass is 368 g/mol. The van der Waals surface area contributed by atoms with Crippen LogP contribution in [-0.4, -0.2) is 4.58 Å². The molecule has 0 nitrogen and oxygen atoms in total. The third-order valence-corrected chi connectivity index (χ3v) is 6.18. The van der Waals surface area contributed by atoms with Crippen molar-refractivity contribution in [1.29, 1.82) is 0 Å². The topological polar surface area (TPSA) is 0 Å². The van der Waals surface area contributed by atoms with Crippen molar-refractivity contribution in [1.82, 2.24) is 0 Å². The molecule has 0 unspecified atom stereocenters. The SMILES string of the molecule is CCCCCCCCC#CC(Sc1ccccc1)Sc1ccccc1. The van der Waals surface area contributed by atoms with Crippen LogP contribution in [0.15, 0.2) is 70.5 Å². The van der Waals surface area contributed by atoms with Gasteiger partial charge in [0.1, 0.15) is 4.58 Å². The molecule has 0 spiro atoms. The predicted molar refractivity (Wildman–Crippen MR) is 114 cm³/mol. The van der Waals surface area contributed by atoms with Crippen LogP contribution in [0.2, 0.25) is 0 Å². The van der Waals surface area contributed by atoms with Gasteiger partial charge < -0.3 is 0 Å². The number of thioether (sulfide) groups is 2. The fourth-order valence-corrected chi connectivity index (χ4v) is 4.74. The average molecular weight is 369 g/mol. The van der Waals surface area contributed by atoms with Crippen LogP contribution in [0.3, 0.4) is 0 Å². The van der Waals surface area contributed by atoms with Crippen molar-refractivity contribution < 1.29 is 0 Å². The van der Waals surface area contributed by atoms with E-state index >= 15 is 0 Å². The molecule has 0 amide bonds. The molecule has 0 atom stereocenters. The maximum absolute atomic E-state index is 3.49. The van der Waals surface area contributed by atoms with E-state index < -0.39 is 0 Å². The van der Waals surface area contributed by atoms with Crippen molar-refractivity contribution in [3.63, 3.8) is 0 Å². The molecular weight excluding hydrogens is 340 g/mol. The number of hydrogen-bond acceptors (Lipinski definition) is 2. The zero-order valence-electron chi connectivity index (χ0n) is 15.1. The summed E-state index contributed by atoms with van der Waals surface area (Å²) in [4.78, 5) is 2.56. The Labute approximate surface area is 162 Å². The molecule has 0 aliphatic carbocycles. The van der Waals surface area contributed by atoms with Crippen LogP contribution < -0.4 is 0 Å². The maximum atomic E-state index is 3.49. The Hall–Kier alpha value is -1.30. The van der Waals surface area contributed by atoms with E-state index in [1.54, 1.807) is 0 Å². The van der Waals surface area contributed by atoms with Gasteiger partial charge in [-0.05, 0) is 30.7 Å². The highest BCUT2D eigenvalue weighted by molar-refractivity contribution is 8.17. The predicted octanol–water partition coefficient (Wildman–Crippen LogP) is 7.65. The van der Waals surface area contributed by atoms with Crippen molar-refractivity contribution in [2.24, 2.45) is 0 Å². The van der Waals surface area contributed by atoms with Gasteiger partial charge in [0.05, 0.1) is 0 Å². The maximum Gasteiger partial charge on any atom is 0.120 e. The number of hydrogen-bond donors (Lipinski definition) is 0. The van der Waals surface area contributed by atoms with Crippen LogP contribution in [-0.2, 0) is 0 Å². The van der Waals surface area contributed by atoms with Gasteiger partial charge in [-0.15, -0.1) is 5.92 Å². The Morgan fingerprint density at radius 2 is 1.24 bits per heavy atom. The largest absolute Gasteiger partial charge is 0.120 e. The van der Waals surface area contributed by atoms with Gasteiger partial charge in [-0.3, -0.25) is 0 Å². The van der Waals surface area contributed by atoms with E-state index in [4.69, 9.17) is 0 Å². The molecule has 0 saturated carbocycles. The molecule has 0 aliphatic heterocycles. The van der Waals surface area contributed by atoms with Crippen LogP contribution in [0.4, 0.5) is 0 Å². The summed E-state index contributed by atoms with van der Waals surface area (Å²) in [5.74, 6) is 6.92. The van der Waals surface area contributed by atoms with E-state index in [1.807, 2.05) is 23.5 Å². The summed E-state index contributed by atoms with van der Waals surface area (Å²) in [6, 6.07) is 21.2. The van der Waals surface area contributed by atoms with Gasteiger partial charge in [-0.2, -0.15) is 0 Å². The zero-order chi connectivity index (χ0) is 17.6. The van der Waals surface area contributed by atoms with E-state index in [2.05, 4.69) is 79.4 Å². The molecule has 0 saturated heterocycles. The van der Waals surface area contributed by atoms with Crippen LogP contribution in [0.1, 0.15) is 51.9 Å². The number of unbranched alkanes of at least 4 members (excludes halogenated alkanes) is 6. The summed E-state index contributed by atoms with van der Waals surface area (Å²) in [5, 5.41) is 0. The summed E-state index contributed by atoms with van der Waals surface area (Å²) in [7, 11) is 0. The first-order chi connectivity index (χ1) is 12.4. The van der Waals surface area contributed by atoms with Crippen molar-refractivity contribution in [2.75, 3.05) is 0 Å². The van der Waals surface area contributed by atoms with Gasteiger partial charge in [0.15, 0.2) is 0 Å². The van der Waals surface area contributed by atoms with Crippen LogP contribution in [0.25, 0.3) is 0 Å². The molecule has 2 rings (SSSR count). The van der Waals surface area contributed by atoms with E-state index in [1.165, 1.54) is 48.3 Å². The van der Waals surface area contributed by atoms with Crippen LogP contribution >= 0.6 is 23.5 Å². The molecule has 2 aromatic carbocycles. The molecule has 0 heterocycles. The molecule has 2 heteroatoms. The lowest BCUT2D eigenvalue weighted by atomic mass is 10.1. The minimum Gasteiger partial charge on any atom is -0.101 e. The Bertz CT molecular complexity index is 584. The minimum atomic E-state index is 0.241. The highest BCUT2D eigenvalue weighted by Crippen LogP contribution is 2.34. The molecule has 0 fully saturated rings. The average Bonchev–Trinajstić information content (AvgIpc) is 2.65. The summed E-state index contributed by atoms with van der Waals surface area (Å²) in [5.41, 5.74) is 0. The van der Waals surface area contributed by atoms with Crippen molar-refractivity contribution in [3.8, 4) is 11.8 Å². The first-order valence-corrected chi connectivity index (χ1v) is 11.1. The van der Waals surface area contributed by atoms with Gasteiger partial charge in [-0.25, -0.2) is 0 Å². The van der Waals surface area contributed by atoms with Gasteiger partial charge in [-0.1, -0.05) is 105 Å². The molecule has 0 aromatic heterocycles. The fourth-order valence-electron chi connectivity index (χ4n) is 2.48. The number of benzene rings is 2. The molecule has 25 heavy (non-hydrogen) atoms. The molecule has 0 aliphatic rings. The van der Waals surface area contributed by atoms with Crippen molar-refractivity contribution in [2.45, 2.75) is 66.2 Å². The highest BCUT2D eigenvalue weighted by Gasteiger charge is 2.09. The van der Waals surface area contributed by atoms with Crippen LogP contribution in [0, 0.1) is 11.8 Å². The fraction of sp³-hybridized carbons (Fsp3) is 0.391. The van der Waals surface area contributed by atoms with E-state index in [0.717, 1.165) is 6.42 Å². The number of rotatable bonds is 10. The Morgan fingerprint density at radius 1 is 0.720 bits per heavy atom. The van der Waals surface area contributed by atoms with Crippen molar-refractivity contribution in [3.05, 3.63) is 60.7 Å². The van der Waals surface area contributed by atoms with Crippen LogP contribution in [0.5, 0.6) is 0 Å². The Kier molecular flexibility index (Phi) is 10.4. The van der Waals surface area contributed by atoms with E-state index in [9.17, 15) is 0 Å². The lowest BCUT2D eigenvalue weighted by molar-refractivity contribution is 0.614. The first-order valence-electron chi connectivity index (χ1n) is 9.30. The summed E-state index contributed by atoms with van der Waals surface area (Å²) in [6.45, 7) is 2.26. The lowest BCUT2D eigenvalue weighted by Gasteiger charge is -2.10. The summed E-state index contributed by atoms with van der Waals surface area (Å²) >= 11 is 3.70. The lowest BCUT2D eigenvalue weighted by Crippen LogP contribution is -1.92. The third kappa shape index (κ3) is 9.10. The minimum absolute atomic E-state index is 0.241. The van der Waals surface area contributed by atoms with Crippen molar-refractivity contribution >= 4 is 23.5 Å². The second-order valence-corrected chi connectivity index (χ2v) is 8.69. The van der Waals surface area contributed by atoms with E-state index in [0.29, 0.717) is 0 Å².